The van der Waals surface area contributed by atoms with E-state index in [9.17, 15) is 4.79 Å². The Kier molecular flexibility index (Phi) is 4.25. The number of benzene rings is 1. The van der Waals surface area contributed by atoms with Gasteiger partial charge in [0.05, 0.1) is 0 Å². The first-order valence-corrected chi connectivity index (χ1v) is 6.85. The molecule has 0 radical (unpaired) electrons. The third kappa shape index (κ3) is 3.72. The minimum Gasteiger partial charge on any atom is -0.348 e. The van der Waals surface area contributed by atoms with Crippen molar-refractivity contribution >= 4 is 17.5 Å². The Hall–Kier alpha value is -1.06. The van der Waals surface area contributed by atoms with Gasteiger partial charge in [-0.1, -0.05) is 23.7 Å². The Morgan fingerprint density at radius 2 is 1.94 bits per heavy atom. The molecule has 2 rings (SSSR count). The highest BCUT2D eigenvalue weighted by Gasteiger charge is 2.27. The first-order valence-electron chi connectivity index (χ1n) is 6.47. The summed E-state index contributed by atoms with van der Waals surface area (Å²) >= 11 is 5.86. The minimum absolute atomic E-state index is 0.0590. The normalized spacial score (nSPS) is 18.2. The first kappa shape index (κ1) is 13.4. The SMILES string of the molecule is C[C@H]([NH2+][C@@H](C)c1ccc(Cl)cc1)C(=O)NC1CC1. The van der Waals surface area contributed by atoms with Crippen molar-refractivity contribution in [1.29, 1.82) is 0 Å². The van der Waals surface area contributed by atoms with Crippen LogP contribution in [0.2, 0.25) is 5.02 Å². The molecule has 0 unspecified atom stereocenters. The third-order valence-corrected chi connectivity index (χ3v) is 3.56. The number of hydrogen-bond donors (Lipinski definition) is 2. The standard InChI is InChI=1S/C14H19ClN2O/c1-9(11-3-5-12(15)6-4-11)16-10(2)14(18)17-13-7-8-13/h3-6,9-10,13,16H,7-8H2,1-2H3,(H,17,18)/p+1/t9-,10-/m0/s1. The molecule has 1 amide bonds. The van der Waals surface area contributed by atoms with Crippen molar-refractivity contribution in [3.8, 4) is 0 Å². The zero-order valence-corrected chi connectivity index (χ0v) is 11.6. The summed E-state index contributed by atoms with van der Waals surface area (Å²) in [7, 11) is 0. The van der Waals surface area contributed by atoms with Crippen LogP contribution in [-0.2, 0) is 4.79 Å². The summed E-state index contributed by atoms with van der Waals surface area (Å²) in [6.07, 6.45) is 2.26. The van der Waals surface area contributed by atoms with Crippen LogP contribution in [0.1, 0.15) is 38.3 Å². The molecule has 1 aromatic rings. The van der Waals surface area contributed by atoms with Gasteiger partial charge in [-0.3, -0.25) is 4.79 Å². The summed E-state index contributed by atoms with van der Waals surface area (Å²) in [5.41, 5.74) is 1.19. The Balaban J connectivity index is 1.87. The Labute approximate surface area is 113 Å². The zero-order chi connectivity index (χ0) is 13.1. The van der Waals surface area contributed by atoms with Crippen LogP contribution in [0.5, 0.6) is 0 Å². The molecular weight excluding hydrogens is 248 g/mol. The van der Waals surface area contributed by atoms with Gasteiger partial charge < -0.3 is 10.6 Å². The largest absolute Gasteiger partial charge is 0.348 e. The van der Waals surface area contributed by atoms with E-state index in [2.05, 4.69) is 17.6 Å². The van der Waals surface area contributed by atoms with Gasteiger partial charge in [0.2, 0.25) is 0 Å². The average Bonchev–Trinajstić information content (AvgIpc) is 3.13. The van der Waals surface area contributed by atoms with E-state index in [1.807, 2.05) is 31.2 Å². The predicted octanol–water partition coefficient (Wildman–Crippen LogP) is 1.63. The maximum absolute atomic E-state index is 11.9. The maximum atomic E-state index is 11.9. The number of nitrogens with two attached hydrogens (primary N) is 1. The van der Waals surface area contributed by atoms with Crippen LogP contribution in [0.3, 0.4) is 0 Å². The van der Waals surface area contributed by atoms with Gasteiger partial charge >= 0.3 is 0 Å². The third-order valence-electron chi connectivity index (χ3n) is 3.31. The van der Waals surface area contributed by atoms with Crippen LogP contribution in [0.25, 0.3) is 0 Å². The fourth-order valence-electron chi connectivity index (χ4n) is 1.96. The van der Waals surface area contributed by atoms with E-state index in [0.29, 0.717) is 6.04 Å². The van der Waals surface area contributed by atoms with E-state index in [-0.39, 0.29) is 18.0 Å². The van der Waals surface area contributed by atoms with Gasteiger partial charge in [0.1, 0.15) is 6.04 Å². The maximum Gasteiger partial charge on any atom is 0.278 e. The van der Waals surface area contributed by atoms with Crippen LogP contribution in [-0.4, -0.2) is 18.0 Å². The first-order chi connectivity index (χ1) is 8.56. The van der Waals surface area contributed by atoms with Crippen molar-refractivity contribution in [3.63, 3.8) is 0 Å². The monoisotopic (exact) mass is 267 g/mol. The Morgan fingerprint density at radius 3 is 2.50 bits per heavy atom. The fraction of sp³-hybridized carbons (Fsp3) is 0.500. The molecule has 3 N–H and O–H groups in total. The van der Waals surface area contributed by atoms with Gasteiger partial charge in [-0.05, 0) is 38.8 Å². The second kappa shape index (κ2) is 5.72. The highest BCUT2D eigenvalue weighted by atomic mass is 35.5. The zero-order valence-electron chi connectivity index (χ0n) is 10.8. The fourth-order valence-corrected chi connectivity index (χ4v) is 2.08. The molecule has 1 aliphatic carbocycles. The molecule has 2 atom stereocenters. The molecule has 1 saturated carbocycles. The molecule has 0 bridgehead atoms. The van der Waals surface area contributed by atoms with E-state index in [1.165, 1.54) is 5.56 Å². The highest BCUT2D eigenvalue weighted by Crippen LogP contribution is 2.18. The van der Waals surface area contributed by atoms with E-state index in [1.54, 1.807) is 0 Å². The van der Waals surface area contributed by atoms with E-state index in [4.69, 9.17) is 11.6 Å². The Bertz CT molecular complexity index is 414. The van der Waals surface area contributed by atoms with Gasteiger partial charge in [0, 0.05) is 16.6 Å². The highest BCUT2D eigenvalue weighted by molar-refractivity contribution is 6.30. The van der Waals surface area contributed by atoms with Crippen LogP contribution in [0.4, 0.5) is 0 Å². The lowest BCUT2D eigenvalue weighted by Crippen LogP contribution is -2.92. The van der Waals surface area contributed by atoms with Crippen molar-refractivity contribution in [3.05, 3.63) is 34.9 Å². The van der Waals surface area contributed by atoms with Gasteiger partial charge in [-0.25, -0.2) is 0 Å². The topological polar surface area (TPSA) is 45.7 Å². The molecule has 0 spiro atoms. The summed E-state index contributed by atoms with van der Waals surface area (Å²) in [5, 5.41) is 5.85. The van der Waals surface area contributed by atoms with E-state index >= 15 is 0 Å². The molecule has 0 saturated heterocycles. The summed E-state index contributed by atoms with van der Waals surface area (Å²) in [6.45, 7) is 4.05. The molecule has 1 aromatic carbocycles. The molecule has 1 fully saturated rings. The lowest BCUT2D eigenvalue weighted by Gasteiger charge is -2.16. The summed E-state index contributed by atoms with van der Waals surface area (Å²) < 4.78 is 0. The lowest BCUT2D eigenvalue weighted by atomic mass is 10.1. The molecule has 0 aliphatic heterocycles. The molecule has 18 heavy (non-hydrogen) atoms. The molecule has 4 heteroatoms. The van der Waals surface area contributed by atoms with Crippen molar-refractivity contribution in [2.45, 2.75) is 44.8 Å². The average molecular weight is 268 g/mol. The van der Waals surface area contributed by atoms with E-state index < -0.39 is 0 Å². The second-order valence-electron chi connectivity index (χ2n) is 5.10. The molecule has 98 valence electrons. The van der Waals surface area contributed by atoms with Crippen LogP contribution < -0.4 is 10.6 Å². The van der Waals surface area contributed by atoms with Crippen molar-refractivity contribution < 1.29 is 10.1 Å². The van der Waals surface area contributed by atoms with Gasteiger partial charge in [0.15, 0.2) is 6.04 Å². The predicted molar refractivity (Wildman–Crippen MR) is 72.4 cm³/mol. The number of quaternary nitrogens is 1. The molecular formula is C14H20ClN2O+. The second-order valence-corrected chi connectivity index (χ2v) is 5.54. The van der Waals surface area contributed by atoms with Crippen LogP contribution in [0, 0.1) is 0 Å². The summed E-state index contributed by atoms with van der Waals surface area (Å²) in [6, 6.07) is 8.41. The summed E-state index contributed by atoms with van der Waals surface area (Å²) in [4.78, 5) is 11.9. The molecule has 1 aliphatic rings. The molecule has 0 heterocycles. The number of halogens is 1. The lowest BCUT2D eigenvalue weighted by molar-refractivity contribution is -0.710. The van der Waals surface area contributed by atoms with Gasteiger partial charge in [-0.15, -0.1) is 0 Å². The number of amides is 1. The van der Waals surface area contributed by atoms with Crippen molar-refractivity contribution in [2.75, 3.05) is 0 Å². The van der Waals surface area contributed by atoms with Gasteiger partial charge in [0.25, 0.3) is 5.91 Å². The smallest absolute Gasteiger partial charge is 0.278 e. The summed E-state index contributed by atoms with van der Waals surface area (Å²) in [5.74, 6) is 0.137. The molecule has 0 aromatic heterocycles. The number of nitrogens with one attached hydrogen (secondary N) is 1. The quantitative estimate of drug-likeness (QED) is 0.837. The van der Waals surface area contributed by atoms with E-state index in [0.717, 1.165) is 17.9 Å². The Morgan fingerprint density at radius 1 is 1.33 bits per heavy atom. The van der Waals surface area contributed by atoms with Crippen LogP contribution >= 0.6 is 11.6 Å². The van der Waals surface area contributed by atoms with Gasteiger partial charge in [-0.2, -0.15) is 0 Å². The number of rotatable bonds is 5. The molecule has 3 nitrogen and oxygen atoms in total. The van der Waals surface area contributed by atoms with Crippen molar-refractivity contribution in [1.82, 2.24) is 5.32 Å². The number of carbonyl (C=O) groups excluding carboxylic acids is 1. The number of hydrogen-bond acceptors (Lipinski definition) is 1. The van der Waals surface area contributed by atoms with Crippen LogP contribution in [0.15, 0.2) is 24.3 Å². The number of carbonyl (C=O) groups is 1. The minimum atomic E-state index is -0.0590. The van der Waals surface area contributed by atoms with Crippen molar-refractivity contribution in [2.24, 2.45) is 0 Å².